The van der Waals surface area contributed by atoms with Crippen LogP contribution in [-0.4, -0.2) is 46.9 Å². The van der Waals surface area contributed by atoms with Crippen LogP contribution in [0.2, 0.25) is 0 Å². The minimum absolute atomic E-state index is 0.903. The third kappa shape index (κ3) is 13.6. The van der Waals surface area contributed by atoms with Crippen LogP contribution in [0.15, 0.2) is 490 Å². The summed E-state index contributed by atoms with van der Waals surface area (Å²) >= 11 is 0. The molecule has 0 aliphatic heterocycles. The van der Waals surface area contributed by atoms with Crippen molar-refractivity contribution >= 4 is 175 Å². The number of aromatic nitrogens is 10. The molecule has 0 N–H and O–H groups in total. The van der Waals surface area contributed by atoms with Gasteiger partial charge >= 0.3 is 0 Å². The van der Waals surface area contributed by atoms with Crippen LogP contribution in [0.4, 0.5) is 0 Å². The highest BCUT2D eigenvalue weighted by molar-refractivity contribution is 6.23. The Bertz CT molecular complexity index is 10300. The SMILES string of the molecule is CCc1cc(CC)cc(-n2c3ccccc3c3cc4c(cc32)c2ccccc2n4-c2cccc(-c3ccccc3)n2)c1.c1ccc(-c2cccc(-n3c4ccccc4c4cc5c(cc43)c3ccccc3n5-c3cccc(-c4ccc5oc6ccccc6c5c4)c3)n2)cc1.c1ccc(-c2cccc(-n3c4ccccc4c4cc5c(cc43)c3ccccc3n5-c3cccc(-n4c5ccccc5c5ccccc54)c3)n2)cc1. The fraction of sp³-hybridized carbons (Fsp3) is 0.0301. The lowest BCUT2D eigenvalue weighted by Gasteiger charge is -2.13. The number of benzene rings is 19. The van der Waals surface area contributed by atoms with Gasteiger partial charge in [0.25, 0.3) is 0 Å². The molecule has 0 bridgehead atoms. The van der Waals surface area contributed by atoms with Gasteiger partial charge < -0.3 is 22.7 Å². The number of pyridine rings is 3. The van der Waals surface area contributed by atoms with E-state index in [1.807, 2.05) is 30.3 Å². The maximum absolute atomic E-state index is 6.13. The summed E-state index contributed by atoms with van der Waals surface area (Å²) in [7, 11) is 0. The molecule has 0 unspecified atom stereocenters. The molecule has 19 aromatic carbocycles. The average molecular weight is 1840 g/mol. The van der Waals surface area contributed by atoms with Gasteiger partial charge in [0.1, 0.15) is 28.6 Å². The van der Waals surface area contributed by atoms with E-state index in [2.05, 4.69) is 501 Å². The molecule has 11 nitrogen and oxygen atoms in total. The van der Waals surface area contributed by atoms with Crippen molar-refractivity contribution in [1.82, 2.24) is 46.9 Å². The first-order chi connectivity index (χ1) is 71.3. The summed E-state index contributed by atoms with van der Waals surface area (Å²) < 4.78 is 22.8. The number of aryl methyl sites for hydroxylation is 2. The molecule has 30 aromatic rings. The summed E-state index contributed by atoms with van der Waals surface area (Å²) in [5.74, 6) is 2.74. The number of furan rings is 1. The second-order valence-electron chi connectivity index (χ2n) is 37.5. The monoisotopic (exact) mass is 1840 g/mol. The van der Waals surface area contributed by atoms with E-state index in [0.29, 0.717) is 0 Å². The molecule has 0 aliphatic carbocycles. The Balaban J connectivity index is 0.000000106. The minimum atomic E-state index is 0.903. The van der Waals surface area contributed by atoms with E-state index >= 15 is 0 Å². The van der Waals surface area contributed by atoms with E-state index in [0.717, 1.165) is 142 Å². The first-order valence-corrected chi connectivity index (χ1v) is 49.6. The standard InChI is InChI=1S/C47H30N4.C47H29N3O.C39H31N3/c1-2-14-31(15-3-1)40-22-13-27-47(48-40)51-44-26-11-7-21-37(44)39-29-45-38(30-46(39)51)36-20-6-10-25-43(36)50(45)33-17-12-16-32(28-33)49-41-23-8-4-18-34(41)35-19-5-9-24-42(35)49;1-2-12-30(13-3-1)40-19-11-23-47(48-40)50-42-21-8-5-17-35(42)38-28-43-37(29-44(38)50)34-16-4-7-20-41(34)49(43)33-15-10-14-31(26-33)32-24-25-46-39(27-32)36-18-6-9-22-45(36)51-46;1-3-26-21-27(4-2)23-29(22-26)41-35-18-10-8-15-30(35)32-25-38-33(24-37(32)41)31-16-9-11-19-36(31)42(38)39-20-12-17-34(40-39)28-13-6-5-7-14-28/h1-30H;1-29H;5-25H,3-4H2,1-2H3. The molecule has 0 radical (unpaired) electrons. The van der Waals surface area contributed by atoms with E-state index < -0.39 is 0 Å². The molecule has 144 heavy (non-hydrogen) atoms. The van der Waals surface area contributed by atoms with Crippen molar-refractivity contribution in [2.75, 3.05) is 0 Å². The summed E-state index contributed by atoms with van der Waals surface area (Å²) in [6.45, 7) is 4.48. The lowest BCUT2D eigenvalue weighted by molar-refractivity contribution is 0.669. The predicted molar refractivity (Wildman–Crippen MR) is 601 cm³/mol. The third-order valence-electron chi connectivity index (χ3n) is 29.4. The van der Waals surface area contributed by atoms with Crippen LogP contribution in [0.1, 0.15) is 25.0 Å². The van der Waals surface area contributed by atoms with Gasteiger partial charge in [-0.1, -0.05) is 317 Å². The number of fused-ring (bicyclic) bond motifs is 24. The quantitative estimate of drug-likeness (QED) is 0.115. The number of nitrogens with zero attached hydrogens (tertiary/aromatic N) is 10. The first kappa shape index (κ1) is 83.2. The van der Waals surface area contributed by atoms with Gasteiger partial charge in [-0.2, -0.15) is 0 Å². The second-order valence-corrected chi connectivity index (χ2v) is 37.5. The second kappa shape index (κ2) is 34.0. The van der Waals surface area contributed by atoms with Crippen molar-refractivity contribution in [3.05, 3.63) is 496 Å². The van der Waals surface area contributed by atoms with Crippen molar-refractivity contribution < 1.29 is 4.42 Å². The van der Waals surface area contributed by atoms with Gasteiger partial charge in [-0.3, -0.25) is 13.7 Å². The molecule has 0 saturated heterocycles. The summed E-state index contributed by atoms with van der Waals surface area (Å²) in [5, 5.41) is 19.4. The zero-order chi connectivity index (χ0) is 95.1. The van der Waals surface area contributed by atoms with Crippen molar-refractivity contribution in [3.63, 3.8) is 0 Å². The Kier molecular flexibility index (Phi) is 19.6. The van der Waals surface area contributed by atoms with Crippen molar-refractivity contribution in [3.8, 4) is 85.1 Å². The normalized spacial score (nSPS) is 11.9. The Morgan fingerprint density at radius 2 is 0.417 bits per heavy atom. The Labute approximate surface area is 828 Å². The summed E-state index contributed by atoms with van der Waals surface area (Å²) in [5.41, 5.74) is 34.2. The molecule has 0 amide bonds. The smallest absolute Gasteiger partial charge is 0.138 e. The maximum Gasteiger partial charge on any atom is 0.138 e. The molecule has 30 rings (SSSR count). The Morgan fingerprint density at radius 3 is 0.771 bits per heavy atom. The van der Waals surface area contributed by atoms with Gasteiger partial charge in [0.2, 0.25) is 0 Å². The largest absolute Gasteiger partial charge is 0.456 e. The molecule has 0 atom stereocenters. The van der Waals surface area contributed by atoms with Crippen LogP contribution in [0.3, 0.4) is 0 Å². The van der Waals surface area contributed by atoms with Gasteiger partial charge in [-0.15, -0.1) is 0 Å². The zero-order valence-corrected chi connectivity index (χ0v) is 79.0. The van der Waals surface area contributed by atoms with Crippen LogP contribution in [0.25, 0.3) is 260 Å². The van der Waals surface area contributed by atoms with Crippen molar-refractivity contribution in [2.24, 2.45) is 0 Å². The molecule has 0 saturated carbocycles. The molecule has 0 fully saturated rings. The highest BCUT2D eigenvalue weighted by Gasteiger charge is 2.27. The van der Waals surface area contributed by atoms with E-state index in [1.165, 1.54) is 142 Å². The molecule has 11 aromatic heterocycles. The molecule has 0 spiro atoms. The van der Waals surface area contributed by atoms with Gasteiger partial charge in [0, 0.05) is 126 Å². The number of para-hydroxylation sites is 9. The lowest BCUT2D eigenvalue weighted by Crippen LogP contribution is -1.99. The molecule has 11 heteroatoms. The Hall–Kier alpha value is -19.0. The summed E-state index contributed by atoms with van der Waals surface area (Å²) in [4.78, 5) is 15.6. The fourth-order valence-electron chi connectivity index (χ4n) is 22.8. The molecule has 0 aliphatic rings. The number of hydrogen-bond acceptors (Lipinski definition) is 4. The van der Waals surface area contributed by atoms with Crippen LogP contribution < -0.4 is 0 Å². The van der Waals surface area contributed by atoms with Crippen molar-refractivity contribution in [1.29, 1.82) is 0 Å². The summed E-state index contributed by atoms with van der Waals surface area (Å²) in [6, 6.07) is 174. The van der Waals surface area contributed by atoms with E-state index in [-0.39, 0.29) is 0 Å². The highest BCUT2D eigenvalue weighted by atomic mass is 16.3. The molecular formula is C133H90N10O. The fourth-order valence-corrected chi connectivity index (χ4v) is 22.8. The summed E-state index contributed by atoms with van der Waals surface area (Å²) in [6.07, 6.45) is 2.04. The van der Waals surface area contributed by atoms with E-state index in [4.69, 9.17) is 19.4 Å². The molecular weight excluding hydrogens is 1750 g/mol. The Morgan fingerprint density at radius 1 is 0.160 bits per heavy atom. The highest BCUT2D eigenvalue weighted by Crippen LogP contribution is 2.47. The lowest BCUT2D eigenvalue weighted by atomic mass is 10.0. The van der Waals surface area contributed by atoms with Gasteiger partial charge in [0.05, 0.1) is 94.3 Å². The van der Waals surface area contributed by atoms with Gasteiger partial charge in [-0.25, -0.2) is 15.0 Å². The van der Waals surface area contributed by atoms with Gasteiger partial charge in [0.15, 0.2) is 0 Å². The van der Waals surface area contributed by atoms with Crippen LogP contribution >= 0.6 is 0 Å². The first-order valence-electron chi connectivity index (χ1n) is 49.6. The topological polar surface area (TPSA) is 86.3 Å². The van der Waals surface area contributed by atoms with Crippen LogP contribution in [0, 0.1) is 0 Å². The van der Waals surface area contributed by atoms with E-state index in [1.54, 1.807) is 0 Å². The van der Waals surface area contributed by atoms with Crippen LogP contribution in [-0.2, 0) is 12.8 Å². The minimum Gasteiger partial charge on any atom is -0.456 e. The maximum atomic E-state index is 6.13. The van der Waals surface area contributed by atoms with E-state index in [9.17, 15) is 0 Å². The zero-order valence-electron chi connectivity index (χ0n) is 79.0. The average Bonchev–Trinajstić information content (AvgIpc) is 1.56. The third-order valence-corrected chi connectivity index (χ3v) is 29.4. The van der Waals surface area contributed by atoms with Crippen LogP contribution in [0.5, 0.6) is 0 Å². The number of hydrogen-bond donors (Lipinski definition) is 0. The predicted octanol–water partition coefficient (Wildman–Crippen LogP) is 34.6. The molecule has 11 heterocycles. The number of rotatable bonds is 13. The van der Waals surface area contributed by atoms with Gasteiger partial charge in [-0.05, 0) is 217 Å². The molecule has 678 valence electrons. The van der Waals surface area contributed by atoms with Crippen molar-refractivity contribution in [2.45, 2.75) is 26.7 Å².